The van der Waals surface area contributed by atoms with Gasteiger partial charge in [-0.2, -0.15) is 4.98 Å². The molecule has 1 atom stereocenters. The lowest BCUT2D eigenvalue weighted by Gasteiger charge is -2.35. The van der Waals surface area contributed by atoms with Crippen molar-refractivity contribution < 1.29 is 9.32 Å². The zero-order chi connectivity index (χ0) is 24.4. The largest absolute Gasteiger partial charge is 0.334 e. The normalized spacial score (nSPS) is 15.9. The summed E-state index contributed by atoms with van der Waals surface area (Å²) < 4.78 is 5.77. The monoisotopic (exact) mass is 484 g/mol. The Labute approximate surface area is 209 Å². The summed E-state index contributed by atoms with van der Waals surface area (Å²) in [5.41, 5.74) is 5.51. The van der Waals surface area contributed by atoms with E-state index in [2.05, 4.69) is 22.6 Å². The molecule has 7 heteroatoms. The van der Waals surface area contributed by atoms with E-state index in [9.17, 15) is 4.79 Å². The van der Waals surface area contributed by atoms with Crippen LogP contribution in [0.1, 0.15) is 35.5 Å². The lowest BCUT2D eigenvalue weighted by molar-refractivity contribution is 0.205. The van der Waals surface area contributed by atoms with Crippen LogP contribution in [0.3, 0.4) is 0 Å². The van der Waals surface area contributed by atoms with Crippen molar-refractivity contribution in [1.29, 1.82) is 0 Å². The van der Waals surface area contributed by atoms with Crippen LogP contribution in [0.4, 0.5) is 4.79 Å². The van der Waals surface area contributed by atoms with Crippen molar-refractivity contribution >= 4 is 23.2 Å². The molecule has 0 bridgehead atoms. The van der Waals surface area contributed by atoms with Crippen molar-refractivity contribution in [2.75, 3.05) is 6.54 Å². The Morgan fingerprint density at radius 2 is 1.80 bits per heavy atom. The van der Waals surface area contributed by atoms with E-state index < -0.39 is 6.04 Å². The highest BCUT2D eigenvalue weighted by Gasteiger charge is 2.35. The van der Waals surface area contributed by atoms with Gasteiger partial charge in [-0.3, -0.25) is 4.90 Å². The summed E-state index contributed by atoms with van der Waals surface area (Å²) in [5, 5.41) is 7.96. The molecule has 3 aromatic carbocycles. The molecule has 35 heavy (non-hydrogen) atoms. The summed E-state index contributed by atoms with van der Waals surface area (Å²) >= 11 is 6.29. The fourth-order valence-corrected chi connectivity index (χ4v) is 4.58. The summed E-state index contributed by atoms with van der Waals surface area (Å²) in [7, 11) is 0. The SMILES string of the molecule is CC1=C(c2nc(-c3cccc(C)c3)no2)C(c2cccc(Cl)c2)NC(=O)N1CCc1ccccc1. The van der Waals surface area contributed by atoms with Crippen LogP contribution in [0.5, 0.6) is 0 Å². The van der Waals surface area contributed by atoms with Gasteiger partial charge in [0.1, 0.15) is 0 Å². The minimum absolute atomic E-state index is 0.175. The van der Waals surface area contributed by atoms with Crippen LogP contribution in [0.25, 0.3) is 17.0 Å². The number of amides is 2. The fraction of sp³-hybridized carbons (Fsp3) is 0.179. The molecule has 2 amide bonds. The second-order valence-electron chi connectivity index (χ2n) is 8.62. The lowest BCUT2D eigenvalue weighted by atomic mass is 9.94. The molecule has 1 N–H and O–H groups in total. The van der Waals surface area contributed by atoms with E-state index in [1.54, 1.807) is 11.0 Å². The highest BCUT2D eigenvalue weighted by molar-refractivity contribution is 6.30. The van der Waals surface area contributed by atoms with E-state index in [4.69, 9.17) is 21.1 Å². The van der Waals surface area contributed by atoms with E-state index in [1.807, 2.05) is 74.5 Å². The number of allylic oxidation sites excluding steroid dienone is 1. The number of nitrogens with one attached hydrogen (secondary N) is 1. The molecule has 0 fully saturated rings. The Hall–Kier alpha value is -3.90. The van der Waals surface area contributed by atoms with Crippen LogP contribution in [-0.2, 0) is 6.42 Å². The summed E-state index contributed by atoms with van der Waals surface area (Å²) in [6.07, 6.45) is 0.721. The van der Waals surface area contributed by atoms with Crippen molar-refractivity contribution in [2.45, 2.75) is 26.3 Å². The van der Waals surface area contributed by atoms with Crippen LogP contribution in [0, 0.1) is 6.92 Å². The molecule has 1 aliphatic heterocycles. The summed E-state index contributed by atoms with van der Waals surface area (Å²) in [5.74, 6) is 0.871. The number of urea groups is 1. The van der Waals surface area contributed by atoms with Crippen LogP contribution in [-0.4, -0.2) is 27.6 Å². The Kier molecular flexibility index (Phi) is 6.38. The third-order valence-electron chi connectivity index (χ3n) is 6.18. The first-order valence-corrected chi connectivity index (χ1v) is 11.9. The van der Waals surface area contributed by atoms with Gasteiger partial charge in [-0.05, 0) is 49.6 Å². The number of carbonyl (C=O) groups is 1. The first kappa shape index (κ1) is 22.9. The van der Waals surface area contributed by atoms with Crippen LogP contribution >= 0.6 is 11.6 Å². The minimum atomic E-state index is -0.472. The Morgan fingerprint density at radius 1 is 1.00 bits per heavy atom. The average Bonchev–Trinajstić information content (AvgIpc) is 3.34. The Morgan fingerprint density at radius 3 is 2.57 bits per heavy atom. The smallest absolute Gasteiger partial charge is 0.322 e. The maximum absolute atomic E-state index is 13.2. The van der Waals surface area contributed by atoms with Gasteiger partial charge in [0.2, 0.25) is 5.82 Å². The quantitative estimate of drug-likeness (QED) is 0.342. The first-order valence-electron chi connectivity index (χ1n) is 11.5. The highest BCUT2D eigenvalue weighted by Crippen LogP contribution is 2.38. The van der Waals surface area contributed by atoms with E-state index in [-0.39, 0.29) is 6.03 Å². The molecule has 0 saturated carbocycles. The molecule has 1 aromatic heterocycles. The lowest BCUT2D eigenvalue weighted by Crippen LogP contribution is -2.46. The number of benzene rings is 3. The molecule has 0 radical (unpaired) electrons. The predicted molar refractivity (Wildman–Crippen MR) is 137 cm³/mol. The molecule has 4 aromatic rings. The number of hydrogen-bond donors (Lipinski definition) is 1. The zero-order valence-electron chi connectivity index (χ0n) is 19.5. The minimum Gasteiger partial charge on any atom is -0.334 e. The molecule has 2 heterocycles. The van der Waals surface area contributed by atoms with Gasteiger partial charge in [0.15, 0.2) is 0 Å². The van der Waals surface area contributed by atoms with Gasteiger partial charge < -0.3 is 9.84 Å². The Bertz CT molecular complexity index is 1400. The maximum atomic E-state index is 13.2. The Balaban J connectivity index is 1.56. The number of carbonyl (C=O) groups excluding carboxylic acids is 1. The maximum Gasteiger partial charge on any atom is 0.322 e. The van der Waals surface area contributed by atoms with Crippen molar-refractivity contribution in [3.05, 3.63) is 112 Å². The van der Waals surface area contributed by atoms with Gasteiger partial charge in [-0.15, -0.1) is 0 Å². The highest BCUT2D eigenvalue weighted by atomic mass is 35.5. The second-order valence-corrected chi connectivity index (χ2v) is 9.05. The standard InChI is InChI=1S/C28H25ClN4O2/c1-18-8-6-12-22(16-18)26-31-27(35-32-26)24-19(2)33(15-14-20-9-4-3-5-10-20)28(34)30-25(24)21-11-7-13-23(29)17-21/h3-13,16-17,25H,14-15H2,1-2H3,(H,30,34). The summed E-state index contributed by atoms with van der Waals surface area (Å²) in [4.78, 5) is 19.7. The van der Waals surface area contributed by atoms with Gasteiger partial charge in [-0.1, -0.05) is 83.0 Å². The van der Waals surface area contributed by atoms with Crippen LogP contribution in [0.2, 0.25) is 5.02 Å². The van der Waals surface area contributed by atoms with Crippen LogP contribution in [0.15, 0.2) is 89.1 Å². The van der Waals surface area contributed by atoms with Gasteiger partial charge >= 0.3 is 6.03 Å². The topological polar surface area (TPSA) is 71.3 Å². The third kappa shape index (κ3) is 4.84. The molecule has 5 rings (SSSR count). The molecular weight excluding hydrogens is 460 g/mol. The van der Waals surface area contributed by atoms with E-state index in [0.717, 1.165) is 39.9 Å². The molecule has 176 valence electrons. The van der Waals surface area contributed by atoms with Gasteiger partial charge in [0.25, 0.3) is 5.89 Å². The molecule has 0 saturated heterocycles. The molecule has 0 spiro atoms. The van der Waals surface area contributed by atoms with Crippen molar-refractivity contribution in [3.8, 4) is 11.4 Å². The van der Waals surface area contributed by atoms with Crippen molar-refractivity contribution in [2.24, 2.45) is 0 Å². The van der Waals surface area contributed by atoms with Gasteiger partial charge in [0, 0.05) is 22.8 Å². The number of aryl methyl sites for hydroxylation is 1. The molecule has 1 unspecified atom stereocenters. The van der Waals surface area contributed by atoms with Crippen molar-refractivity contribution in [1.82, 2.24) is 20.4 Å². The van der Waals surface area contributed by atoms with E-state index in [1.165, 1.54) is 0 Å². The van der Waals surface area contributed by atoms with Crippen LogP contribution < -0.4 is 5.32 Å². The number of aromatic nitrogens is 2. The van der Waals surface area contributed by atoms with Crippen molar-refractivity contribution in [3.63, 3.8) is 0 Å². The third-order valence-corrected chi connectivity index (χ3v) is 6.41. The predicted octanol–water partition coefficient (Wildman–Crippen LogP) is 6.44. The number of hydrogen-bond acceptors (Lipinski definition) is 4. The molecule has 1 aliphatic rings. The fourth-order valence-electron chi connectivity index (χ4n) is 4.38. The summed E-state index contributed by atoms with van der Waals surface area (Å²) in [6, 6.07) is 24.9. The zero-order valence-corrected chi connectivity index (χ0v) is 20.3. The van der Waals surface area contributed by atoms with E-state index >= 15 is 0 Å². The number of nitrogens with zero attached hydrogens (tertiary/aromatic N) is 3. The first-order chi connectivity index (χ1) is 17.0. The number of rotatable bonds is 6. The van der Waals surface area contributed by atoms with E-state index in [0.29, 0.717) is 23.3 Å². The number of halogens is 1. The van der Waals surface area contributed by atoms with Gasteiger partial charge in [-0.25, -0.2) is 4.79 Å². The second kappa shape index (κ2) is 9.76. The average molecular weight is 485 g/mol. The molecule has 0 aliphatic carbocycles. The summed E-state index contributed by atoms with van der Waals surface area (Å²) in [6.45, 7) is 4.47. The molecular formula is C28H25ClN4O2. The van der Waals surface area contributed by atoms with Gasteiger partial charge in [0.05, 0.1) is 11.6 Å². The molecule has 6 nitrogen and oxygen atoms in total.